The van der Waals surface area contributed by atoms with Crippen molar-refractivity contribution < 1.29 is 13.9 Å². The van der Waals surface area contributed by atoms with Crippen molar-refractivity contribution in [2.45, 2.75) is 32.5 Å². The lowest BCUT2D eigenvalue weighted by Crippen LogP contribution is -2.39. The van der Waals surface area contributed by atoms with Gasteiger partial charge in [0, 0.05) is 10.0 Å². The summed E-state index contributed by atoms with van der Waals surface area (Å²) < 4.78 is 19.9. The fraction of sp³-hybridized carbons (Fsp3) is 0.278. The number of hydrogen-bond donors (Lipinski definition) is 0. The molecule has 0 aromatic heterocycles. The van der Waals surface area contributed by atoms with Crippen LogP contribution in [0.3, 0.4) is 0 Å². The van der Waals surface area contributed by atoms with Crippen molar-refractivity contribution >= 4 is 21.8 Å². The van der Waals surface area contributed by atoms with Gasteiger partial charge in [-0.15, -0.1) is 0 Å². The van der Waals surface area contributed by atoms with Crippen LogP contribution in [0.2, 0.25) is 0 Å². The topological polar surface area (TPSA) is 29.5 Å². The summed E-state index contributed by atoms with van der Waals surface area (Å²) in [6.07, 6.45) is -0.555. The third-order valence-electron chi connectivity index (χ3n) is 4.12. The lowest BCUT2D eigenvalue weighted by atomic mass is 10.1. The summed E-state index contributed by atoms with van der Waals surface area (Å²) in [5.41, 5.74) is 1.84. The summed E-state index contributed by atoms with van der Waals surface area (Å²) in [5, 5.41) is 0. The first-order valence-electron chi connectivity index (χ1n) is 7.46. The fourth-order valence-corrected chi connectivity index (χ4v) is 3.18. The molecule has 0 saturated heterocycles. The van der Waals surface area contributed by atoms with Crippen molar-refractivity contribution in [1.29, 1.82) is 0 Å². The maximum atomic E-state index is 13.1. The van der Waals surface area contributed by atoms with Crippen molar-refractivity contribution in [1.82, 2.24) is 4.90 Å². The van der Waals surface area contributed by atoms with Gasteiger partial charge >= 0.3 is 0 Å². The van der Waals surface area contributed by atoms with E-state index in [4.69, 9.17) is 4.74 Å². The molecule has 2 atom stereocenters. The highest BCUT2D eigenvalue weighted by Crippen LogP contribution is 2.32. The quantitative estimate of drug-likeness (QED) is 0.772. The van der Waals surface area contributed by atoms with Gasteiger partial charge in [-0.2, -0.15) is 0 Å². The van der Waals surface area contributed by atoms with Crippen LogP contribution in [0.15, 0.2) is 46.9 Å². The molecular formula is C18H17BrFNO2. The van der Waals surface area contributed by atoms with Gasteiger partial charge in [-0.3, -0.25) is 4.79 Å². The number of fused-ring (bicyclic) bond motifs is 1. The van der Waals surface area contributed by atoms with Crippen LogP contribution in [0.25, 0.3) is 0 Å². The summed E-state index contributed by atoms with van der Waals surface area (Å²) >= 11 is 3.46. The van der Waals surface area contributed by atoms with Crippen LogP contribution in [0.5, 0.6) is 5.75 Å². The number of halogens is 2. The minimum Gasteiger partial charge on any atom is -0.481 e. The van der Waals surface area contributed by atoms with Gasteiger partial charge in [-0.25, -0.2) is 4.39 Å². The molecule has 2 unspecified atom stereocenters. The molecule has 1 aliphatic heterocycles. The molecule has 1 amide bonds. The van der Waals surface area contributed by atoms with E-state index in [0.29, 0.717) is 6.54 Å². The van der Waals surface area contributed by atoms with Gasteiger partial charge in [-0.05, 0) is 49.7 Å². The molecule has 3 rings (SSSR count). The molecular weight excluding hydrogens is 361 g/mol. The van der Waals surface area contributed by atoms with E-state index in [1.54, 1.807) is 24.0 Å². The zero-order valence-electron chi connectivity index (χ0n) is 12.9. The molecule has 0 aliphatic carbocycles. The number of carbonyl (C=O) groups excluding carboxylic acids is 1. The number of amides is 1. The molecule has 0 spiro atoms. The fourth-order valence-electron chi connectivity index (χ4n) is 2.77. The molecule has 0 bridgehead atoms. The second-order valence-corrected chi connectivity index (χ2v) is 6.62. The van der Waals surface area contributed by atoms with Gasteiger partial charge in [0.1, 0.15) is 11.6 Å². The number of carbonyl (C=O) groups is 1. The summed E-state index contributed by atoms with van der Waals surface area (Å²) in [7, 11) is 0. The number of hydrogen-bond acceptors (Lipinski definition) is 2. The van der Waals surface area contributed by atoms with Gasteiger partial charge in [-0.1, -0.05) is 28.1 Å². The largest absolute Gasteiger partial charge is 0.481 e. The average Bonchev–Trinajstić information content (AvgIpc) is 2.65. The Labute approximate surface area is 143 Å². The van der Waals surface area contributed by atoms with Gasteiger partial charge in [0.15, 0.2) is 6.10 Å². The molecule has 5 heteroatoms. The van der Waals surface area contributed by atoms with E-state index in [1.807, 2.05) is 25.1 Å². The monoisotopic (exact) mass is 377 g/mol. The van der Waals surface area contributed by atoms with Gasteiger partial charge in [0.25, 0.3) is 5.91 Å². The molecule has 0 saturated carbocycles. The Bertz CT molecular complexity index is 732. The van der Waals surface area contributed by atoms with Crippen molar-refractivity contribution in [3.8, 4) is 5.75 Å². The Morgan fingerprint density at radius 2 is 1.96 bits per heavy atom. The second-order valence-electron chi connectivity index (χ2n) is 5.71. The lowest BCUT2D eigenvalue weighted by molar-refractivity contribution is -0.139. The Morgan fingerprint density at radius 1 is 1.26 bits per heavy atom. The highest BCUT2D eigenvalue weighted by Gasteiger charge is 2.31. The molecule has 0 N–H and O–H groups in total. The molecule has 0 radical (unpaired) electrons. The zero-order valence-corrected chi connectivity index (χ0v) is 14.5. The molecule has 23 heavy (non-hydrogen) atoms. The molecule has 2 aromatic rings. The Morgan fingerprint density at radius 3 is 2.65 bits per heavy atom. The molecule has 2 aromatic carbocycles. The van der Waals surface area contributed by atoms with Crippen molar-refractivity contribution in [3.05, 3.63) is 63.9 Å². The maximum absolute atomic E-state index is 13.1. The first kappa shape index (κ1) is 16.0. The average molecular weight is 378 g/mol. The minimum atomic E-state index is -0.555. The number of benzene rings is 2. The minimum absolute atomic E-state index is 0.0749. The third-order valence-corrected chi connectivity index (χ3v) is 4.61. The Kier molecular flexibility index (Phi) is 4.39. The van der Waals surface area contributed by atoms with E-state index in [0.717, 1.165) is 21.3 Å². The lowest BCUT2D eigenvalue weighted by Gasteiger charge is -2.29. The maximum Gasteiger partial charge on any atom is 0.264 e. The zero-order chi connectivity index (χ0) is 16.6. The Hall–Kier alpha value is -1.88. The molecule has 120 valence electrons. The van der Waals surface area contributed by atoms with Crippen molar-refractivity contribution in [2.24, 2.45) is 0 Å². The van der Waals surface area contributed by atoms with Crippen LogP contribution >= 0.6 is 15.9 Å². The standard InChI is InChI=1S/C18H17BrFNO2/c1-11(13-3-6-16(20)7-4-13)21-10-14-9-15(19)5-8-17(14)23-12(2)18(21)22/h3-9,11-12H,10H2,1-2H3. The first-order valence-corrected chi connectivity index (χ1v) is 8.26. The summed E-state index contributed by atoms with van der Waals surface area (Å²) in [6, 6.07) is 11.8. The van der Waals surface area contributed by atoms with E-state index in [1.165, 1.54) is 12.1 Å². The van der Waals surface area contributed by atoms with Crippen LogP contribution < -0.4 is 4.74 Å². The predicted octanol–water partition coefficient (Wildman–Crippen LogP) is 4.46. The highest BCUT2D eigenvalue weighted by molar-refractivity contribution is 9.10. The highest BCUT2D eigenvalue weighted by atomic mass is 79.9. The molecule has 1 heterocycles. The van der Waals surface area contributed by atoms with Crippen molar-refractivity contribution in [3.63, 3.8) is 0 Å². The van der Waals surface area contributed by atoms with Crippen LogP contribution in [-0.4, -0.2) is 16.9 Å². The third kappa shape index (κ3) is 3.24. The van der Waals surface area contributed by atoms with Gasteiger partial charge in [0.2, 0.25) is 0 Å². The number of rotatable bonds is 2. The van der Waals surface area contributed by atoms with Crippen molar-refractivity contribution in [2.75, 3.05) is 0 Å². The number of nitrogens with zero attached hydrogens (tertiary/aromatic N) is 1. The molecule has 1 aliphatic rings. The summed E-state index contributed by atoms with van der Waals surface area (Å²) in [4.78, 5) is 14.5. The summed E-state index contributed by atoms with van der Waals surface area (Å²) in [5.74, 6) is 0.367. The normalized spacial score (nSPS) is 18.9. The molecule has 0 fully saturated rings. The van der Waals surface area contributed by atoms with Crippen LogP contribution in [0.1, 0.15) is 31.0 Å². The first-order chi connectivity index (χ1) is 11.0. The van der Waals surface area contributed by atoms with E-state index >= 15 is 0 Å². The predicted molar refractivity (Wildman–Crippen MR) is 89.6 cm³/mol. The van der Waals surface area contributed by atoms with Crippen LogP contribution in [0, 0.1) is 5.82 Å². The van der Waals surface area contributed by atoms with Crippen LogP contribution in [-0.2, 0) is 11.3 Å². The van der Waals surface area contributed by atoms with Gasteiger partial charge < -0.3 is 9.64 Å². The Balaban J connectivity index is 1.96. The molecule has 3 nitrogen and oxygen atoms in total. The van der Waals surface area contributed by atoms with Gasteiger partial charge in [0.05, 0.1) is 12.6 Å². The van der Waals surface area contributed by atoms with E-state index in [-0.39, 0.29) is 17.8 Å². The SMILES string of the molecule is CC1Oc2ccc(Br)cc2CN(C(C)c2ccc(F)cc2)C1=O. The van der Waals surface area contributed by atoms with Crippen LogP contribution in [0.4, 0.5) is 4.39 Å². The van der Waals surface area contributed by atoms with E-state index < -0.39 is 6.10 Å². The second kappa shape index (κ2) is 6.32. The van der Waals surface area contributed by atoms with E-state index in [2.05, 4.69) is 15.9 Å². The smallest absolute Gasteiger partial charge is 0.264 e. The summed E-state index contributed by atoms with van der Waals surface area (Å²) in [6.45, 7) is 4.15. The van der Waals surface area contributed by atoms with E-state index in [9.17, 15) is 9.18 Å². The number of ether oxygens (including phenoxy) is 1.